The van der Waals surface area contributed by atoms with Gasteiger partial charge in [-0.05, 0) is 36.0 Å². The van der Waals surface area contributed by atoms with E-state index in [1.165, 1.54) is 17.0 Å². The molecule has 3 aliphatic heterocycles. The average molecular weight is 517 g/mol. The summed E-state index contributed by atoms with van der Waals surface area (Å²) in [5.74, 6) is -1.76. The van der Waals surface area contributed by atoms with Gasteiger partial charge in [-0.2, -0.15) is 18.2 Å². The summed E-state index contributed by atoms with van der Waals surface area (Å²) >= 11 is 1.11. The zero-order chi connectivity index (χ0) is 25.4. The summed E-state index contributed by atoms with van der Waals surface area (Å²) in [6, 6.07) is 11.0. The molecule has 1 saturated heterocycles. The number of ether oxygens (including phenoxy) is 1. The third-order valence-electron chi connectivity index (χ3n) is 5.79. The number of hydrogen-bond acceptors (Lipinski definition) is 6. The number of halogens is 3. The SMILES string of the molecule is O=C(CN1C(=O)/C(=C2\SC(N3CCOCC3)=NC2=O)c2ccccc21)Nc1cccc(C(F)(F)F)c1. The fourth-order valence-corrected chi connectivity index (χ4v) is 5.17. The Bertz CT molecular complexity index is 1320. The van der Waals surface area contributed by atoms with Gasteiger partial charge in [0.2, 0.25) is 5.91 Å². The molecule has 0 bridgehead atoms. The number of fused-ring (bicyclic) bond motifs is 1. The molecule has 0 aromatic heterocycles. The van der Waals surface area contributed by atoms with Crippen LogP contribution in [0.5, 0.6) is 0 Å². The lowest BCUT2D eigenvalue weighted by molar-refractivity contribution is -0.137. The second kappa shape index (κ2) is 9.43. The molecule has 0 radical (unpaired) electrons. The number of alkyl halides is 3. The summed E-state index contributed by atoms with van der Waals surface area (Å²) < 4.78 is 44.3. The molecule has 0 aliphatic carbocycles. The Morgan fingerprint density at radius 3 is 2.58 bits per heavy atom. The average Bonchev–Trinajstić information content (AvgIpc) is 3.36. The van der Waals surface area contributed by atoms with Crippen molar-refractivity contribution in [1.82, 2.24) is 4.90 Å². The van der Waals surface area contributed by atoms with Gasteiger partial charge in [-0.25, -0.2) is 0 Å². The maximum atomic E-state index is 13.4. The van der Waals surface area contributed by atoms with Gasteiger partial charge in [0.1, 0.15) is 6.54 Å². The van der Waals surface area contributed by atoms with Gasteiger partial charge in [-0.3, -0.25) is 19.3 Å². The van der Waals surface area contributed by atoms with E-state index in [1.54, 1.807) is 24.3 Å². The highest BCUT2D eigenvalue weighted by Gasteiger charge is 2.40. The van der Waals surface area contributed by atoms with E-state index < -0.39 is 36.0 Å². The Kier molecular flexibility index (Phi) is 6.31. The molecule has 186 valence electrons. The molecular formula is C24H19F3N4O4S. The van der Waals surface area contributed by atoms with E-state index in [2.05, 4.69) is 10.3 Å². The van der Waals surface area contributed by atoms with Crippen molar-refractivity contribution < 1.29 is 32.3 Å². The predicted molar refractivity (Wildman–Crippen MR) is 128 cm³/mol. The number of hydrogen-bond donors (Lipinski definition) is 1. The molecule has 8 nitrogen and oxygen atoms in total. The fourth-order valence-electron chi connectivity index (χ4n) is 4.12. The summed E-state index contributed by atoms with van der Waals surface area (Å²) in [6.45, 7) is 1.73. The molecule has 1 N–H and O–H groups in total. The van der Waals surface area contributed by atoms with Crippen molar-refractivity contribution in [2.45, 2.75) is 6.18 Å². The first-order chi connectivity index (χ1) is 17.2. The van der Waals surface area contributed by atoms with Crippen molar-refractivity contribution >= 4 is 51.6 Å². The number of morpholine rings is 1. The Hall–Kier alpha value is -3.64. The van der Waals surface area contributed by atoms with Crippen molar-refractivity contribution in [3.63, 3.8) is 0 Å². The van der Waals surface area contributed by atoms with Crippen LogP contribution in [0.15, 0.2) is 58.4 Å². The highest BCUT2D eigenvalue weighted by Crippen LogP contribution is 2.43. The molecule has 1 fully saturated rings. The van der Waals surface area contributed by atoms with Gasteiger partial charge < -0.3 is 15.0 Å². The molecule has 2 aromatic rings. The fraction of sp³-hybridized carbons (Fsp3) is 0.250. The van der Waals surface area contributed by atoms with Crippen molar-refractivity contribution in [2.75, 3.05) is 43.1 Å². The van der Waals surface area contributed by atoms with Crippen molar-refractivity contribution in [3.8, 4) is 0 Å². The molecule has 0 spiro atoms. The van der Waals surface area contributed by atoms with Gasteiger partial charge in [0.15, 0.2) is 5.17 Å². The lowest BCUT2D eigenvalue weighted by atomic mass is 10.1. The van der Waals surface area contributed by atoms with Gasteiger partial charge in [0.05, 0.1) is 34.9 Å². The van der Waals surface area contributed by atoms with Gasteiger partial charge in [0, 0.05) is 24.3 Å². The van der Waals surface area contributed by atoms with E-state index in [0.29, 0.717) is 42.7 Å². The first kappa shape index (κ1) is 24.1. The number of nitrogens with zero attached hydrogens (tertiary/aromatic N) is 3. The molecule has 0 saturated carbocycles. The zero-order valence-electron chi connectivity index (χ0n) is 18.7. The second-order valence-corrected chi connectivity index (χ2v) is 9.12. The maximum absolute atomic E-state index is 13.4. The van der Waals surface area contributed by atoms with E-state index in [-0.39, 0.29) is 16.2 Å². The third kappa shape index (κ3) is 4.61. The Balaban J connectivity index is 1.38. The number of aliphatic imine (C=N–C) groups is 1. The van der Waals surface area contributed by atoms with Crippen LogP contribution in [-0.2, 0) is 25.3 Å². The van der Waals surface area contributed by atoms with Gasteiger partial charge >= 0.3 is 6.18 Å². The molecule has 3 aliphatic rings. The van der Waals surface area contributed by atoms with Crippen LogP contribution in [-0.4, -0.2) is 60.6 Å². The van der Waals surface area contributed by atoms with E-state index in [0.717, 1.165) is 23.9 Å². The summed E-state index contributed by atoms with van der Waals surface area (Å²) in [5, 5.41) is 2.91. The van der Waals surface area contributed by atoms with Crippen LogP contribution in [0, 0.1) is 0 Å². The number of rotatable bonds is 3. The zero-order valence-corrected chi connectivity index (χ0v) is 19.5. The third-order valence-corrected chi connectivity index (χ3v) is 6.91. The van der Waals surface area contributed by atoms with Crippen LogP contribution < -0.4 is 10.2 Å². The molecule has 0 unspecified atom stereocenters. The Morgan fingerprint density at radius 1 is 1.08 bits per heavy atom. The van der Waals surface area contributed by atoms with E-state index >= 15 is 0 Å². The second-order valence-electron chi connectivity index (χ2n) is 8.14. The number of thioether (sulfide) groups is 1. The first-order valence-corrected chi connectivity index (χ1v) is 11.8. The number of benzene rings is 2. The highest BCUT2D eigenvalue weighted by molar-refractivity contribution is 8.18. The quantitative estimate of drug-likeness (QED) is 0.630. The standard InChI is InChI=1S/C24H19F3N4O4S/c25-24(26,27)14-4-3-5-15(12-14)28-18(32)13-31-17-7-2-1-6-16(17)19(22(31)34)20-21(33)29-23(36-20)30-8-10-35-11-9-30/h1-7,12H,8-11,13H2,(H,28,32)/b20-19-. The maximum Gasteiger partial charge on any atom is 0.416 e. The van der Waals surface area contributed by atoms with Gasteiger partial charge in [-0.1, -0.05) is 24.3 Å². The largest absolute Gasteiger partial charge is 0.416 e. The lowest BCUT2D eigenvalue weighted by Crippen LogP contribution is -2.38. The Morgan fingerprint density at radius 2 is 1.83 bits per heavy atom. The summed E-state index contributed by atoms with van der Waals surface area (Å²) in [7, 11) is 0. The molecule has 36 heavy (non-hydrogen) atoms. The highest BCUT2D eigenvalue weighted by atomic mass is 32.2. The van der Waals surface area contributed by atoms with E-state index in [9.17, 15) is 27.6 Å². The number of amides is 3. The summed E-state index contributed by atoms with van der Waals surface area (Å²) in [5.41, 5.74) is 0.127. The van der Waals surface area contributed by atoms with Gasteiger partial charge in [-0.15, -0.1) is 0 Å². The van der Waals surface area contributed by atoms with E-state index in [4.69, 9.17) is 4.74 Å². The molecule has 5 rings (SSSR count). The minimum atomic E-state index is -4.56. The molecule has 2 aromatic carbocycles. The summed E-state index contributed by atoms with van der Waals surface area (Å²) in [4.78, 5) is 46.4. The van der Waals surface area contributed by atoms with Crippen molar-refractivity contribution in [1.29, 1.82) is 0 Å². The van der Waals surface area contributed by atoms with Crippen LogP contribution in [0.1, 0.15) is 11.1 Å². The van der Waals surface area contributed by atoms with E-state index in [1.807, 2.05) is 4.90 Å². The van der Waals surface area contributed by atoms with Crippen LogP contribution in [0.4, 0.5) is 24.5 Å². The van der Waals surface area contributed by atoms with Gasteiger partial charge in [0.25, 0.3) is 11.8 Å². The molecule has 12 heteroatoms. The topological polar surface area (TPSA) is 91.3 Å². The number of anilines is 2. The monoisotopic (exact) mass is 516 g/mol. The number of nitrogens with one attached hydrogen (secondary N) is 1. The molecular weight excluding hydrogens is 497 g/mol. The molecule has 3 heterocycles. The Labute approximate surface area is 207 Å². The van der Waals surface area contributed by atoms with Crippen LogP contribution in [0.25, 0.3) is 5.57 Å². The minimum Gasteiger partial charge on any atom is -0.378 e. The van der Waals surface area contributed by atoms with Crippen molar-refractivity contribution in [2.24, 2.45) is 4.99 Å². The number of carbonyl (C=O) groups is 3. The van der Waals surface area contributed by atoms with Crippen LogP contribution >= 0.6 is 11.8 Å². The van der Waals surface area contributed by atoms with Crippen LogP contribution in [0.2, 0.25) is 0 Å². The molecule has 3 amide bonds. The normalized spacial score (nSPS) is 20.0. The molecule has 0 atom stereocenters. The number of para-hydroxylation sites is 1. The van der Waals surface area contributed by atoms with Crippen molar-refractivity contribution in [3.05, 3.63) is 64.6 Å². The minimum absolute atomic E-state index is 0.0431. The lowest BCUT2D eigenvalue weighted by Gasteiger charge is -2.27. The summed E-state index contributed by atoms with van der Waals surface area (Å²) in [6.07, 6.45) is -4.56. The smallest absolute Gasteiger partial charge is 0.378 e. The van der Waals surface area contributed by atoms with Crippen LogP contribution in [0.3, 0.4) is 0 Å². The first-order valence-electron chi connectivity index (χ1n) is 11.0. The predicted octanol–water partition coefficient (Wildman–Crippen LogP) is 3.36. The number of carbonyl (C=O) groups excluding carboxylic acids is 3. The number of amidine groups is 1.